The van der Waals surface area contributed by atoms with Crippen LogP contribution in [-0.2, 0) is 17.8 Å². The van der Waals surface area contributed by atoms with Gasteiger partial charge < -0.3 is 20.7 Å². The van der Waals surface area contributed by atoms with E-state index in [1.54, 1.807) is 0 Å². The fourth-order valence-electron chi connectivity index (χ4n) is 5.22. The second kappa shape index (κ2) is 11.0. The summed E-state index contributed by atoms with van der Waals surface area (Å²) in [6.07, 6.45) is 0.725. The van der Waals surface area contributed by atoms with Crippen molar-refractivity contribution in [3.63, 3.8) is 0 Å². The van der Waals surface area contributed by atoms with Gasteiger partial charge in [0.25, 0.3) is 5.91 Å². The number of carbonyl (C=O) groups is 2. The number of nitrogen functional groups attached to an aromatic ring is 1. The molecule has 0 spiro atoms. The highest BCUT2D eigenvalue weighted by Gasteiger charge is 2.26. The molecule has 194 valence electrons. The number of carboxylic acids is 1. The predicted octanol–water partition coefficient (Wildman–Crippen LogP) is 4.65. The summed E-state index contributed by atoms with van der Waals surface area (Å²) in [7, 11) is 1.85. The van der Waals surface area contributed by atoms with Crippen LogP contribution in [0.15, 0.2) is 54.6 Å². The zero-order valence-corrected chi connectivity index (χ0v) is 22.0. The molecule has 0 aromatic heterocycles. The number of hydrogen-bond donors (Lipinski definition) is 3. The summed E-state index contributed by atoms with van der Waals surface area (Å²) >= 11 is 0. The lowest BCUT2D eigenvalue weighted by Crippen LogP contribution is -2.36. The van der Waals surface area contributed by atoms with E-state index in [1.807, 2.05) is 80.2 Å². The number of hydrogen-bond acceptors (Lipinski definition) is 5. The van der Waals surface area contributed by atoms with E-state index in [0.29, 0.717) is 24.3 Å². The number of hydrazine groups is 1. The Balaban J connectivity index is 1.67. The molecule has 1 aliphatic rings. The van der Waals surface area contributed by atoms with E-state index in [4.69, 9.17) is 5.73 Å². The molecule has 4 rings (SSSR count). The summed E-state index contributed by atoms with van der Waals surface area (Å²) in [5.41, 5.74) is 17.9. The highest BCUT2D eigenvalue weighted by atomic mass is 16.4. The first kappa shape index (κ1) is 26.2. The maximum Gasteiger partial charge on any atom is 0.304 e. The lowest BCUT2D eigenvalue weighted by Gasteiger charge is -2.30. The Morgan fingerprint density at radius 2 is 1.81 bits per heavy atom. The highest BCUT2D eigenvalue weighted by Crippen LogP contribution is 2.37. The Labute approximate surface area is 218 Å². The summed E-state index contributed by atoms with van der Waals surface area (Å²) < 4.78 is 0. The molecule has 0 saturated heterocycles. The first-order chi connectivity index (χ1) is 17.7. The molecule has 1 heterocycles. The fourth-order valence-corrected chi connectivity index (χ4v) is 5.22. The van der Waals surface area contributed by atoms with E-state index in [0.717, 1.165) is 46.5 Å². The second-order valence-electron chi connectivity index (χ2n) is 9.70. The molecule has 7 nitrogen and oxygen atoms in total. The van der Waals surface area contributed by atoms with Crippen LogP contribution in [0.4, 0.5) is 11.4 Å². The number of nitrogens with two attached hydrogens (primary N) is 1. The smallest absolute Gasteiger partial charge is 0.304 e. The minimum Gasteiger partial charge on any atom is -0.481 e. The van der Waals surface area contributed by atoms with E-state index >= 15 is 0 Å². The number of rotatable bonds is 8. The molecule has 0 bridgehead atoms. The molecule has 37 heavy (non-hydrogen) atoms. The fraction of sp³-hybridized carbons (Fsp3) is 0.333. The molecule has 0 radical (unpaired) electrons. The topological polar surface area (TPSA) is 98.9 Å². The van der Waals surface area contributed by atoms with Crippen LogP contribution in [0.2, 0.25) is 0 Å². The summed E-state index contributed by atoms with van der Waals surface area (Å²) in [5, 5.41) is 11.7. The number of carbonyl (C=O) groups excluding carboxylic acids is 1. The van der Waals surface area contributed by atoms with Crippen LogP contribution in [0.1, 0.15) is 63.0 Å². The molecule has 1 amide bonds. The van der Waals surface area contributed by atoms with Crippen LogP contribution in [0, 0.1) is 13.8 Å². The standard InChI is InChI=1S/C30H36N4O3/c1-5-34(32-4)27-13-12-25(20(3)29(27)31)26(17-28(35)36)23-11-10-21-14-15-33(18-24(21)16-23)30(37)22-8-6-19(2)7-9-22/h6-13,16,26,32H,5,14-15,17-18,31H2,1-4H3,(H,35,36). The van der Waals surface area contributed by atoms with Crippen LogP contribution in [-0.4, -0.2) is 42.0 Å². The van der Waals surface area contributed by atoms with Crippen molar-refractivity contribution < 1.29 is 14.7 Å². The number of carboxylic acid groups (broad SMARTS) is 1. The van der Waals surface area contributed by atoms with Gasteiger partial charge in [0, 0.05) is 38.2 Å². The first-order valence-corrected chi connectivity index (χ1v) is 12.8. The first-order valence-electron chi connectivity index (χ1n) is 12.8. The summed E-state index contributed by atoms with van der Waals surface area (Å²) in [6.45, 7) is 7.89. The molecule has 4 N–H and O–H groups in total. The monoisotopic (exact) mass is 500 g/mol. The third kappa shape index (κ3) is 5.47. The van der Waals surface area contributed by atoms with Crippen molar-refractivity contribution in [1.82, 2.24) is 10.3 Å². The van der Waals surface area contributed by atoms with E-state index in [-0.39, 0.29) is 18.2 Å². The van der Waals surface area contributed by atoms with Gasteiger partial charge in [-0.2, -0.15) is 0 Å². The SMILES string of the molecule is CCN(NC)c1ccc(C(CC(=O)O)c2ccc3c(c2)CN(C(=O)c2ccc(C)cc2)CC3)c(C)c1N. The van der Waals surface area contributed by atoms with Gasteiger partial charge in [-0.1, -0.05) is 42.0 Å². The Morgan fingerprint density at radius 1 is 1.08 bits per heavy atom. The minimum absolute atomic E-state index is 0.0161. The van der Waals surface area contributed by atoms with Gasteiger partial charge in [0.1, 0.15) is 0 Å². The summed E-state index contributed by atoms with van der Waals surface area (Å²) in [4.78, 5) is 27.0. The lowest BCUT2D eigenvalue weighted by molar-refractivity contribution is -0.137. The molecule has 0 aliphatic carbocycles. The predicted molar refractivity (Wildman–Crippen MR) is 148 cm³/mol. The Bertz CT molecular complexity index is 1300. The van der Waals surface area contributed by atoms with E-state index in [9.17, 15) is 14.7 Å². The molecule has 1 atom stereocenters. The van der Waals surface area contributed by atoms with Gasteiger partial charge in [-0.3, -0.25) is 9.59 Å². The molecule has 7 heteroatoms. The van der Waals surface area contributed by atoms with Crippen LogP contribution >= 0.6 is 0 Å². The van der Waals surface area contributed by atoms with Crippen molar-refractivity contribution >= 4 is 23.3 Å². The maximum atomic E-state index is 13.2. The third-order valence-electron chi connectivity index (χ3n) is 7.40. The number of nitrogens with one attached hydrogen (secondary N) is 1. The molecule has 1 unspecified atom stereocenters. The molecular formula is C30H36N4O3. The number of aryl methyl sites for hydroxylation is 1. The molecular weight excluding hydrogens is 464 g/mol. The molecule has 1 aliphatic heterocycles. The van der Waals surface area contributed by atoms with Crippen LogP contribution < -0.4 is 16.2 Å². The van der Waals surface area contributed by atoms with Crippen molar-refractivity contribution in [3.8, 4) is 0 Å². The number of nitrogens with zero attached hydrogens (tertiary/aromatic N) is 2. The maximum absolute atomic E-state index is 13.2. The Morgan fingerprint density at radius 3 is 2.46 bits per heavy atom. The van der Waals surface area contributed by atoms with Crippen molar-refractivity contribution in [2.24, 2.45) is 0 Å². The van der Waals surface area contributed by atoms with Crippen LogP contribution in [0.25, 0.3) is 0 Å². The highest BCUT2D eigenvalue weighted by molar-refractivity contribution is 5.94. The van der Waals surface area contributed by atoms with E-state index < -0.39 is 5.97 Å². The van der Waals surface area contributed by atoms with Gasteiger partial charge in [-0.25, -0.2) is 5.43 Å². The largest absolute Gasteiger partial charge is 0.481 e. The summed E-state index contributed by atoms with van der Waals surface area (Å²) in [5.74, 6) is -1.21. The zero-order valence-electron chi connectivity index (χ0n) is 22.0. The molecule has 0 saturated carbocycles. The Hall–Kier alpha value is -3.84. The number of fused-ring (bicyclic) bond motifs is 1. The number of benzene rings is 3. The van der Waals surface area contributed by atoms with Crippen LogP contribution in [0.3, 0.4) is 0 Å². The van der Waals surface area contributed by atoms with Gasteiger partial charge in [0.2, 0.25) is 0 Å². The number of anilines is 2. The summed E-state index contributed by atoms with van der Waals surface area (Å²) in [6, 6.07) is 17.8. The van der Waals surface area contributed by atoms with Crippen molar-refractivity contribution in [3.05, 3.63) is 93.5 Å². The van der Waals surface area contributed by atoms with Gasteiger partial charge >= 0.3 is 5.97 Å². The second-order valence-corrected chi connectivity index (χ2v) is 9.70. The minimum atomic E-state index is -0.869. The van der Waals surface area contributed by atoms with Crippen LogP contribution in [0.5, 0.6) is 0 Å². The van der Waals surface area contributed by atoms with E-state index in [2.05, 4.69) is 17.6 Å². The molecule has 3 aromatic rings. The average Bonchev–Trinajstić information content (AvgIpc) is 2.90. The molecule has 0 fully saturated rings. The van der Waals surface area contributed by atoms with Gasteiger partial charge in [0.05, 0.1) is 17.8 Å². The molecule has 3 aromatic carbocycles. The lowest BCUT2D eigenvalue weighted by atomic mass is 9.83. The van der Waals surface area contributed by atoms with Gasteiger partial charge in [-0.05, 0) is 73.2 Å². The average molecular weight is 501 g/mol. The van der Waals surface area contributed by atoms with Gasteiger partial charge in [0.15, 0.2) is 0 Å². The Kier molecular flexibility index (Phi) is 7.83. The van der Waals surface area contributed by atoms with Crippen molar-refractivity contribution in [2.45, 2.75) is 46.1 Å². The quantitative estimate of drug-likeness (QED) is 0.308. The normalized spacial score (nSPS) is 13.7. The third-order valence-corrected chi connectivity index (χ3v) is 7.40. The van der Waals surface area contributed by atoms with Crippen molar-refractivity contribution in [2.75, 3.05) is 30.9 Å². The van der Waals surface area contributed by atoms with Gasteiger partial charge in [-0.15, -0.1) is 0 Å². The number of amides is 1. The zero-order chi connectivity index (χ0) is 26.7. The van der Waals surface area contributed by atoms with E-state index in [1.165, 1.54) is 5.56 Å². The number of aliphatic carboxylic acids is 1. The van der Waals surface area contributed by atoms with Crippen molar-refractivity contribution in [1.29, 1.82) is 0 Å².